The molecule has 2 rings (SSSR count). The second-order valence-electron chi connectivity index (χ2n) is 5.93. The molecular formula is C16H22N4O3S2. The van der Waals surface area contributed by atoms with Crippen molar-refractivity contribution in [3.8, 4) is 0 Å². The van der Waals surface area contributed by atoms with Crippen LogP contribution in [-0.2, 0) is 10.5 Å². The van der Waals surface area contributed by atoms with Crippen LogP contribution in [0.4, 0.5) is 0 Å². The molecule has 0 amide bonds. The number of rotatable bonds is 6. The van der Waals surface area contributed by atoms with Crippen molar-refractivity contribution < 1.29 is 9.53 Å². The molecular weight excluding hydrogens is 360 g/mol. The number of aromatic amines is 1. The number of thioether (sulfide) groups is 1. The number of nitrogens with one attached hydrogen (secondary N) is 1. The van der Waals surface area contributed by atoms with E-state index in [0.29, 0.717) is 49.9 Å². The van der Waals surface area contributed by atoms with Gasteiger partial charge in [0.15, 0.2) is 5.17 Å². The number of hydrogen-bond donors (Lipinski definition) is 2. The number of amidine groups is 1. The molecule has 0 saturated carbocycles. The second-order valence-corrected chi connectivity index (χ2v) is 7.93. The number of esters is 1. The van der Waals surface area contributed by atoms with Crippen LogP contribution in [0.3, 0.4) is 0 Å². The predicted molar refractivity (Wildman–Crippen MR) is 104 cm³/mol. The minimum absolute atomic E-state index is 0.264. The highest BCUT2D eigenvalue weighted by Gasteiger charge is 2.19. The Bertz CT molecular complexity index is 855. The molecule has 0 spiro atoms. The van der Waals surface area contributed by atoms with Crippen LogP contribution in [0.5, 0.6) is 0 Å². The maximum absolute atomic E-state index is 12.3. The Morgan fingerprint density at radius 2 is 2.20 bits per heavy atom. The number of carbonyl (C=O) groups is 1. The second kappa shape index (κ2) is 8.48. The highest BCUT2D eigenvalue weighted by Crippen LogP contribution is 2.27. The first-order chi connectivity index (χ1) is 11.8. The molecule has 7 nitrogen and oxygen atoms in total. The summed E-state index contributed by atoms with van der Waals surface area (Å²) in [6.45, 7) is 6.67. The van der Waals surface area contributed by atoms with E-state index in [-0.39, 0.29) is 5.56 Å². The lowest BCUT2D eigenvalue weighted by Gasteiger charge is -2.03. The molecule has 0 aliphatic carbocycles. The molecule has 0 fully saturated rings. The highest BCUT2D eigenvalue weighted by molar-refractivity contribution is 8.13. The number of fused-ring (bicyclic) bond motifs is 1. The smallest absolute Gasteiger partial charge is 0.348 e. The van der Waals surface area contributed by atoms with E-state index < -0.39 is 5.97 Å². The third-order valence-corrected chi connectivity index (χ3v) is 5.56. The van der Waals surface area contributed by atoms with Crippen LogP contribution in [0.25, 0.3) is 10.2 Å². The molecule has 0 aliphatic rings. The number of ether oxygens (including phenoxy) is 1. The minimum atomic E-state index is -0.461. The first-order valence-corrected chi connectivity index (χ1v) is 9.67. The summed E-state index contributed by atoms with van der Waals surface area (Å²) in [6.07, 6.45) is 0.979. The molecule has 136 valence electrons. The Kier molecular flexibility index (Phi) is 6.60. The third kappa shape index (κ3) is 4.82. The fourth-order valence-corrected chi connectivity index (χ4v) is 3.89. The van der Waals surface area contributed by atoms with Crippen LogP contribution in [0.15, 0.2) is 9.79 Å². The predicted octanol–water partition coefficient (Wildman–Crippen LogP) is 2.67. The summed E-state index contributed by atoms with van der Waals surface area (Å²) in [5, 5.41) is 0.902. The van der Waals surface area contributed by atoms with Gasteiger partial charge in [0.1, 0.15) is 15.5 Å². The van der Waals surface area contributed by atoms with E-state index in [2.05, 4.69) is 28.8 Å². The van der Waals surface area contributed by atoms with Gasteiger partial charge in [0.05, 0.1) is 18.2 Å². The summed E-state index contributed by atoms with van der Waals surface area (Å²) < 4.78 is 4.75. The van der Waals surface area contributed by atoms with Crippen molar-refractivity contribution >= 4 is 44.5 Å². The van der Waals surface area contributed by atoms with E-state index in [1.165, 1.54) is 18.9 Å². The van der Waals surface area contributed by atoms with Crippen molar-refractivity contribution in [3.05, 3.63) is 26.6 Å². The number of thiophene rings is 1. The summed E-state index contributed by atoms with van der Waals surface area (Å²) in [5.41, 5.74) is 6.21. The first kappa shape index (κ1) is 19.5. The van der Waals surface area contributed by atoms with Gasteiger partial charge in [0.25, 0.3) is 5.56 Å². The number of nitrogens with two attached hydrogens (primary N) is 1. The Labute approximate surface area is 154 Å². The lowest BCUT2D eigenvalue weighted by atomic mass is 10.1. The molecule has 0 saturated heterocycles. The third-order valence-electron chi connectivity index (χ3n) is 3.55. The number of aryl methyl sites for hydroxylation is 1. The van der Waals surface area contributed by atoms with Crippen LogP contribution in [0, 0.1) is 12.8 Å². The van der Waals surface area contributed by atoms with Gasteiger partial charge in [-0.15, -0.1) is 11.3 Å². The summed E-state index contributed by atoms with van der Waals surface area (Å²) >= 11 is 2.49. The molecule has 0 bridgehead atoms. The van der Waals surface area contributed by atoms with Crippen molar-refractivity contribution in [2.24, 2.45) is 16.6 Å². The van der Waals surface area contributed by atoms with Crippen molar-refractivity contribution in [1.29, 1.82) is 0 Å². The van der Waals surface area contributed by atoms with Crippen molar-refractivity contribution in [3.63, 3.8) is 0 Å². The summed E-state index contributed by atoms with van der Waals surface area (Å²) in [4.78, 5) is 36.5. The highest BCUT2D eigenvalue weighted by atomic mass is 32.2. The van der Waals surface area contributed by atoms with Crippen molar-refractivity contribution in [2.45, 2.75) is 32.9 Å². The zero-order valence-corrected chi connectivity index (χ0v) is 16.3. The van der Waals surface area contributed by atoms with Gasteiger partial charge in [-0.05, 0) is 24.8 Å². The maximum Gasteiger partial charge on any atom is 0.348 e. The Morgan fingerprint density at radius 3 is 2.84 bits per heavy atom. The van der Waals surface area contributed by atoms with Crippen LogP contribution >= 0.6 is 23.1 Å². The standard InChI is InChI=1S/C16H22N4O3S2/c1-8(2)5-6-18-16(17)24-7-10-19-13(21)11-9(3)12(15(22)23-4)25-14(11)20-10/h8H,5-7H2,1-4H3,(H2,17,18)(H,19,20,21). The van der Waals surface area contributed by atoms with Gasteiger partial charge in [0, 0.05) is 6.54 Å². The fourth-order valence-electron chi connectivity index (χ4n) is 2.17. The number of carbonyl (C=O) groups excluding carboxylic acids is 1. The quantitative estimate of drug-likeness (QED) is 0.451. The van der Waals surface area contributed by atoms with Gasteiger partial charge in [-0.2, -0.15) is 0 Å². The van der Waals surface area contributed by atoms with E-state index in [1.807, 2.05) is 0 Å². The molecule has 0 radical (unpaired) electrons. The molecule has 0 atom stereocenters. The van der Waals surface area contributed by atoms with Gasteiger partial charge in [0.2, 0.25) is 0 Å². The van der Waals surface area contributed by atoms with Gasteiger partial charge < -0.3 is 15.5 Å². The normalized spacial score (nSPS) is 12.1. The van der Waals surface area contributed by atoms with Crippen LogP contribution in [0.1, 0.15) is 41.3 Å². The van der Waals surface area contributed by atoms with Gasteiger partial charge >= 0.3 is 5.97 Å². The molecule has 3 N–H and O–H groups in total. The average molecular weight is 383 g/mol. The molecule has 9 heteroatoms. The average Bonchev–Trinajstić information content (AvgIpc) is 2.89. The van der Waals surface area contributed by atoms with Crippen LogP contribution in [0.2, 0.25) is 0 Å². The zero-order chi connectivity index (χ0) is 18.6. The molecule has 2 heterocycles. The van der Waals surface area contributed by atoms with Crippen LogP contribution < -0.4 is 11.3 Å². The number of methoxy groups -OCH3 is 1. The van der Waals surface area contributed by atoms with Crippen molar-refractivity contribution in [2.75, 3.05) is 13.7 Å². The molecule has 0 aliphatic heterocycles. The number of nitrogens with zero attached hydrogens (tertiary/aromatic N) is 2. The minimum Gasteiger partial charge on any atom is -0.465 e. The zero-order valence-electron chi connectivity index (χ0n) is 14.7. The number of aromatic nitrogens is 2. The van der Waals surface area contributed by atoms with E-state index in [0.717, 1.165) is 17.8 Å². The number of aliphatic imine (C=N–C) groups is 1. The van der Waals surface area contributed by atoms with E-state index in [1.54, 1.807) is 6.92 Å². The summed E-state index contributed by atoms with van der Waals surface area (Å²) in [7, 11) is 1.31. The first-order valence-electron chi connectivity index (χ1n) is 7.86. The van der Waals surface area contributed by atoms with Gasteiger partial charge in [-0.25, -0.2) is 9.78 Å². The number of H-pyrrole nitrogens is 1. The van der Waals surface area contributed by atoms with Crippen molar-refractivity contribution in [1.82, 2.24) is 9.97 Å². The summed E-state index contributed by atoms with van der Waals surface area (Å²) in [5.74, 6) is 1.03. The molecule has 2 aromatic heterocycles. The van der Waals surface area contributed by atoms with E-state index in [9.17, 15) is 9.59 Å². The van der Waals surface area contributed by atoms with Gasteiger partial charge in [-0.3, -0.25) is 9.79 Å². The Balaban J connectivity index is 2.18. The lowest BCUT2D eigenvalue weighted by Crippen LogP contribution is -2.13. The SMILES string of the molecule is COC(=O)c1sc2nc(CSC(N)=NCCC(C)C)[nH]c(=O)c2c1C. The van der Waals surface area contributed by atoms with E-state index in [4.69, 9.17) is 10.5 Å². The topological polar surface area (TPSA) is 110 Å². The van der Waals surface area contributed by atoms with Gasteiger partial charge in [-0.1, -0.05) is 25.6 Å². The lowest BCUT2D eigenvalue weighted by molar-refractivity contribution is 0.0605. The molecule has 0 aromatic carbocycles. The van der Waals surface area contributed by atoms with E-state index >= 15 is 0 Å². The number of hydrogen-bond acceptors (Lipinski definition) is 7. The fraction of sp³-hybridized carbons (Fsp3) is 0.500. The molecule has 25 heavy (non-hydrogen) atoms. The van der Waals surface area contributed by atoms with Crippen LogP contribution in [-0.4, -0.2) is 34.8 Å². The molecule has 0 unspecified atom stereocenters. The summed E-state index contributed by atoms with van der Waals surface area (Å²) in [6, 6.07) is 0. The Morgan fingerprint density at radius 1 is 1.48 bits per heavy atom. The largest absolute Gasteiger partial charge is 0.465 e. The monoisotopic (exact) mass is 382 g/mol. The Hall–Kier alpha value is -1.87. The molecule has 2 aromatic rings. The maximum atomic E-state index is 12.3.